The van der Waals surface area contributed by atoms with E-state index in [1.807, 2.05) is 0 Å². The summed E-state index contributed by atoms with van der Waals surface area (Å²) in [5, 5.41) is 5.43. The number of carbonyl (C=O) groups excluding carboxylic acids is 2. The Morgan fingerprint density at radius 3 is 2.35 bits per heavy atom. The van der Waals surface area contributed by atoms with Gasteiger partial charge in [0.1, 0.15) is 6.61 Å². The highest BCUT2D eigenvalue weighted by atomic mass is 16.5. The Morgan fingerprint density at radius 2 is 1.75 bits per heavy atom. The minimum atomic E-state index is -0.211. The summed E-state index contributed by atoms with van der Waals surface area (Å²) in [5.74, 6) is -0.268. The van der Waals surface area contributed by atoms with E-state index in [1.165, 1.54) is 7.11 Å². The predicted octanol–water partition coefficient (Wildman–Crippen LogP) is 0.577. The average molecular weight is 280 g/mol. The third kappa shape index (κ3) is 6.31. The Kier molecular flexibility index (Phi) is 7.31. The lowest BCUT2D eigenvalue weighted by atomic mass is 10.1. The Bertz CT molecular complexity index is 431. The second-order valence-electron chi connectivity index (χ2n) is 4.20. The van der Waals surface area contributed by atoms with Crippen molar-refractivity contribution in [1.29, 1.82) is 0 Å². The molecular formula is C14H20N2O4. The summed E-state index contributed by atoms with van der Waals surface area (Å²) in [4.78, 5) is 22.9. The highest BCUT2D eigenvalue weighted by molar-refractivity contribution is 5.91. The van der Waals surface area contributed by atoms with E-state index < -0.39 is 0 Å². The van der Waals surface area contributed by atoms with E-state index in [9.17, 15) is 9.59 Å². The van der Waals surface area contributed by atoms with Crippen molar-refractivity contribution in [2.24, 2.45) is 0 Å². The van der Waals surface area contributed by atoms with Crippen LogP contribution in [-0.2, 0) is 25.5 Å². The van der Waals surface area contributed by atoms with Crippen LogP contribution < -0.4 is 10.6 Å². The molecule has 0 aliphatic carbocycles. The minimum absolute atomic E-state index is 0.0175. The van der Waals surface area contributed by atoms with Gasteiger partial charge in [0.2, 0.25) is 11.8 Å². The van der Waals surface area contributed by atoms with Gasteiger partial charge < -0.3 is 20.1 Å². The topological polar surface area (TPSA) is 76.7 Å². The molecule has 2 N–H and O–H groups in total. The SMILES string of the molecule is COCCNC(=O)Cc1ccc(NC(=O)COC)cc1. The largest absolute Gasteiger partial charge is 0.383 e. The minimum Gasteiger partial charge on any atom is -0.383 e. The van der Waals surface area contributed by atoms with Gasteiger partial charge in [-0.15, -0.1) is 0 Å². The Balaban J connectivity index is 2.42. The van der Waals surface area contributed by atoms with Crippen LogP contribution in [0.5, 0.6) is 0 Å². The number of hydrogen-bond donors (Lipinski definition) is 2. The van der Waals surface area contributed by atoms with Crippen LogP contribution in [0, 0.1) is 0 Å². The molecule has 0 heterocycles. The van der Waals surface area contributed by atoms with Crippen LogP contribution in [0.1, 0.15) is 5.56 Å². The zero-order chi connectivity index (χ0) is 14.8. The predicted molar refractivity (Wildman–Crippen MR) is 75.5 cm³/mol. The van der Waals surface area contributed by atoms with Crippen molar-refractivity contribution in [1.82, 2.24) is 5.32 Å². The molecule has 110 valence electrons. The maximum Gasteiger partial charge on any atom is 0.250 e. The summed E-state index contributed by atoms with van der Waals surface area (Å²) < 4.78 is 9.57. The van der Waals surface area contributed by atoms with Crippen molar-refractivity contribution >= 4 is 17.5 Å². The Hall–Kier alpha value is -1.92. The Morgan fingerprint density at radius 1 is 1.05 bits per heavy atom. The molecule has 0 aromatic heterocycles. The van der Waals surface area contributed by atoms with Gasteiger partial charge in [-0.2, -0.15) is 0 Å². The van der Waals surface area contributed by atoms with E-state index in [0.29, 0.717) is 25.3 Å². The van der Waals surface area contributed by atoms with Gasteiger partial charge in [0.05, 0.1) is 13.0 Å². The van der Waals surface area contributed by atoms with Gasteiger partial charge in [0.15, 0.2) is 0 Å². The fourth-order valence-corrected chi connectivity index (χ4v) is 1.57. The summed E-state index contributed by atoms with van der Waals surface area (Å²) in [6.07, 6.45) is 0.302. The molecule has 0 atom stereocenters. The van der Waals surface area contributed by atoms with Gasteiger partial charge in [-0.25, -0.2) is 0 Å². The average Bonchev–Trinajstić information content (AvgIpc) is 2.41. The first-order valence-electron chi connectivity index (χ1n) is 6.29. The fraction of sp³-hybridized carbons (Fsp3) is 0.429. The van der Waals surface area contributed by atoms with Gasteiger partial charge in [0.25, 0.3) is 0 Å². The molecule has 1 aromatic carbocycles. The first-order valence-corrected chi connectivity index (χ1v) is 6.29. The summed E-state index contributed by atoms with van der Waals surface area (Å²) in [6.45, 7) is 1.01. The standard InChI is InChI=1S/C14H20N2O4/c1-19-8-7-15-13(17)9-11-3-5-12(6-4-11)16-14(18)10-20-2/h3-6H,7-10H2,1-2H3,(H,15,17)(H,16,18). The molecule has 6 nitrogen and oxygen atoms in total. The molecule has 0 radical (unpaired) electrons. The lowest BCUT2D eigenvalue weighted by molar-refractivity contribution is -0.121. The van der Waals surface area contributed by atoms with Crippen LogP contribution in [0.3, 0.4) is 0 Å². The van der Waals surface area contributed by atoms with Gasteiger partial charge >= 0.3 is 0 Å². The molecule has 0 spiro atoms. The Labute approximate surface area is 118 Å². The molecule has 2 amide bonds. The molecule has 0 fully saturated rings. The monoisotopic (exact) mass is 280 g/mol. The van der Waals surface area contributed by atoms with Crippen LogP contribution in [-0.4, -0.2) is 45.8 Å². The second-order valence-corrected chi connectivity index (χ2v) is 4.20. The number of benzene rings is 1. The fourth-order valence-electron chi connectivity index (χ4n) is 1.57. The van der Waals surface area contributed by atoms with Crippen molar-refractivity contribution in [3.63, 3.8) is 0 Å². The maximum atomic E-state index is 11.6. The quantitative estimate of drug-likeness (QED) is 0.683. The summed E-state index contributed by atoms with van der Waals surface area (Å²) in [6, 6.07) is 7.12. The van der Waals surface area contributed by atoms with E-state index in [-0.39, 0.29) is 18.4 Å². The molecule has 0 saturated carbocycles. The molecule has 20 heavy (non-hydrogen) atoms. The summed E-state index contributed by atoms with van der Waals surface area (Å²) >= 11 is 0. The number of methoxy groups -OCH3 is 2. The van der Waals surface area contributed by atoms with Gasteiger partial charge in [-0.1, -0.05) is 12.1 Å². The third-order valence-electron chi connectivity index (χ3n) is 2.51. The number of hydrogen-bond acceptors (Lipinski definition) is 4. The van der Waals surface area contributed by atoms with Crippen molar-refractivity contribution in [2.45, 2.75) is 6.42 Å². The van der Waals surface area contributed by atoms with E-state index in [4.69, 9.17) is 9.47 Å². The number of nitrogens with one attached hydrogen (secondary N) is 2. The molecule has 1 aromatic rings. The highest BCUT2D eigenvalue weighted by Crippen LogP contribution is 2.10. The van der Waals surface area contributed by atoms with Gasteiger partial charge in [-0.05, 0) is 17.7 Å². The number of anilines is 1. The maximum absolute atomic E-state index is 11.6. The zero-order valence-electron chi connectivity index (χ0n) is 11.8. The van der Waals surface area contributed by atoms with Gasteiger partial charge in [0, 0.05) is 26.5 Å². The highest BCUT2D eigenvalue weighted by Gasteiger charge is 2.04. The molecule has 0 saturated heterocycles. The van der Waals surface area contributed by atoms with E-state index in [0.717, 1.165) is 5.56 Å². The number of amides is 2. The van der Waals surface area contributed by atoms with Crippen molar-refractivity contribution in [3.8, 4) is 0 Å². The van der Waals surface area contributed by atoms with E-state index in [2.05, 4.69) is 10.6 Å². The van der Waals surface area contributed by atoms with Crippen molar-refractivity contribution in [3.05, 3.63) is 29.8 Å². The molecule has 1 rings (SSSR count). The number of ether oxygens (including phenoxy) is 2. The molecule has 0 unspecified atom stereocenters. The normalized spacial score (nSPS) is 10.1. The van der Waals surface area contributed by atoms with Gasteiger partial charge in [-0.3, -0.25) is 9.59 Å². The first kappa shape index (κ1) is 16.1. The number of carbonyl (C=O) groups is 2. The van der Waals surface area contributed by atoms with Crippen LogP contribution in [0.4, 0.5) is 5.69 Å². The second kappa shape index (κ2) is 9.06. The lowest BCUT2D eigenvalue weighted by Crippen LogP contribution is -2.28. The van der Waals surface area contributed by atoms with Crippen molar-refractivity contribution in [2.75, 3.05) is 39.3 Å². The first-order chi connectivity index (χ1) is 9.65. The van der Waals surface area contributed by atoms with Crippen LogP contribution >= 0.6 is 0 Å². The van der Waals surface area contributed by atoms with Crippen LogP contribution in [0.25, 0.3) is 0 Å². The van der Waals surface area contributed by atoms with Crippen LogP contribution in [0.15, 0.2) is 24.3 Å². The summed E-state index contributed by atoms with van der Waals surface area (Å²) in [7, 11) is 3.05. The van der Waals surface area contributed by atoms with E-state index in [1.54, 1.807) is 31.4 Å². The lowest BCUT2D eigenvalue weighted by Gasteiger charge is -2.07. The van der Waals surface area contributed by atoms with E-state index >= 15 is 0 Å². The molecule has 0 bridgehead atoms. The zero-order valence-corrected chi connectivity index (χ0v) is 11.8. The smallest absolute Gasteiger partial charge is 0.250 e. The van der Waals surface area contributed by atoms with Crippen molar-refractivity contribution < 1.29 is 19.1 Å². The molecular weight excluding hydrogens is 260 g/mol. The summed E-state index contributed by atoms with van der Waals surface area (Å²) in [5.41, 5.74) is 1.56. The molecule has 6 heteroatoms. The van der Waals surface area contributed by atoms with Crippen LogP contribution in [0.2, 0.25) is 0 Å². The molecule has 0 aliphatic heterocycles. The number of rotatable bonds is 8. The molecule has 0 aliphatic rings. The third-order valence-corrected chi connectivity index (χ3v) is 2.51.